The Hall–Kier alpha value is -1.03. The van der Waals surface area contributed by atoms with Crippen molar-refractivity contribution < 1.29 is 8.42 Å². The molecule has 0 heterocycles. The molecule has 1 aromatic rings. The van der Waals surface area contributed by atoms with E-state index in [2.05, 4.69) is 4.72 Å². The molecule has 0 radical (unpaired) electrons. The van der Waals surface area contributed by atoms with Crippen molar-refractivity contribution in [2.24, 2.45) is 0 Å². The summed E-state index contributed by atoms with van der Waals surface area (Å²) in [6.07, 6.45) is 2.78. The van der Waals surface area contributed by atoms with Crippen LogP contribution in [0.5, 0.6) is 0 Å². The van der Waals surface area contributed by atoms with Crippen molar-refractivity contribution in [3.05, 3.63) is 35.4 Å². The van der Waals surface area contributed by atoms with E-state index in [1.807, 2.05) is 19.2 Å². The standard InChI is InChI=1S/C13H18N2O2S2/c1-11(7-8-18-2)15-19(16,17)10-13-6-4-3-5-12(13)9-14/h3-6,11,15H,7-8,10H2,1-2H3. The molecule has 19 heavy (non-hydrogen) atoms. The van der Waals surface area contributed by atoms with Crippen LogP contribution in [0.25, 0.3) is 0 Å². The van der Waals surface area contributed by atoms with Gasteiger partial charge in [0.2, 0.25) is 10.0 Å². The monoisotopic (exact) mass is 298 g/mol. The fourth-order valence-corrected chi connectivity index (χ4v) is 3.73. The summed E-state index contributed by atoms with van der Waals surface area (Å²) in [5.74, 6) is 0.763. The van der Waals surface area contributed by atoms with E-state index in [0.717, 1.165) is 12.2 Å². The van der Waals surface area contributed by atoms with Crippen LogP contribution < -0.4 is 4.72 Å². The van der Waals surface area contributed by atoms with Gasteiger partial charge in [-0.25, -0.2) is 13.1 Å². The highest BCUT2D eigenvalue weighted by molar-refractivity contribution is 7.98. The molecule has 104 valence electrons. The lowest BCUT2D eigenvalue weighted by Gasteiger charge is -2.14. The number of hydrogen-bond donors (Lipinski definition) is 1. The van der Waals surface area contributed by atoms with Crippen LogP contribution in [0.3, 0.4) is 0 Å². The van der Waals surface area contributed by atoms with Gasteiger partial charge in [-0.3, -0.25) is 0 Å². The molecule has 4 nitrogen and oxygen atoms in total. The van der Waals surface area contributed by atoms with E-state index in [1.165, 1.54) is 0 Å². The second-order valence-electron chi connectivity index (χ2n) is 4.33. The van der Waals surface area contributed by atoms with Gasteiger partial charge in [0.25, 0.3) is 0 Å². The minimum Gasteiger partial charge on any atom is -0.212 e. The Morgan fingerprint density at radius 2 is 2.11 bits per heavy atom. The molecule has 0 aliphatic rings. The SMILES string of the molecule is CSCCC(C)NS(=O)(=O)Cc1ccccc1C#N. The van der Waals surface area contributed by atoms with Gasteiger partial charge < -0.3 is 0 Å². The zero-order valence-electron chi connectivity index (χ0n) is 11.1. The van der Waals surface area contributed by atoms with Crippen molar-refractivity contribution in [3.63, 3.8) is 0 Å². The maximum Gasteiger partial charge on any atom is 0.216 e. The molecule has 6 heteroatoms. The smallest absolute Gasteiger partial charge is 0.212 e. The van der Waals surface area contributed by atoms with Crippen LogP contribution in [-0.2, 0) is 15.8 Å². The van der Waals surface area contributed by atoms with Crippen LogP contribution in [0, 0.1) is 11.3 Å². The summed E-state index contributed by atoms with van der Waals surface area (Å²) >= 11 is 1.69. The number of sulfonamides is 1. The predicted molar refractivity (Wildman–Crippen MR) is 79.4 cm³/mol. The first-order chi connectivity index (χ1) is 8.98. The number of nitriles is 1. The minimum absolute atomic E-state index is 0.0910. The first kappa shape index (κ1) is 16.0. The van der Waals surface area contributed by atoms with Crippen LogP contribution >= 0.6 is 11.8 Å². The zero-order chi connectivity index (χ0) is 14.3. The van der Waals surface area contributed by atoms with E-state index in [1.54, 1.807) is 36.0 Å². The normalized spacial score (nSPS) is 12.9. The first-order valence-electron chi connectivity index (χ1n) is 5.95. The first-order valence-corrected chi connectivity index (χ1v) is 9.00. The highest BCUT2D eigenvalue weighted by Gasteiger charge is 2.16. The largest absolute Gasteiger partial charge is 0.216 e. The van der Waals surface area contributed by atoms with E-state index in [9.17, 15) is 8.42 Å². The Labute approximate surface area is 119 Å². The minimum atomic E-state index is -3.41. The van der Waals surface area contributed by atoms with Gasteiger partial charge in [0, 0.05) is 6.04 Å². The van der Waals surface area contributed by atoms with Crippen LogP contribution in [0.4, 0.5) is 0 Å². The quantitative estimate of drug-likeness (QED) is 0.837. The summed E-state index contributed by atoms with van der Waals surface area (Å²) in [6, 6.07) is 8.68. The molecule has 1 atom stereocenters. The Morgan fingerprint density at radius 1 is 1.42 bits per heavy atom. The Morgan fingerprint density at radius 3 is 2.74 bits per heavy atom. The third-order valence-corrected chi connectivity index (χ3v) is 4.72. The van der Waals surface area contributed by atoms with E-state index in [0.29, 0.717) is 11.1 Å². The average Bonchev–Trinajstić information content (AvgIpc) is 2.36. The van der Waals surface area contributed by atoms with Crippen LogP contribution in [0.15, 0.2) is 24.3 Å². The number of nitrogens with zero attached hydrogens (tertiary/aromatic N) is 1. The van der Waals surface area contributed by atoms with Crippen molar-refractivity contribution in [2.75, 3.05) is 12.0 Å². The fourth-order valence-electron chi connectivity index (χ4n) is 1.66. The fraction of sp³-hybridized carbons (Fsp3) is 0.462. The predicted octanol–water partition coefficient (Wildman–Crippen LogP) is 2.12. The van der Waals surface area contributed by atoms with Crippen molar-refractivity contribution >= 4 is 21.8 Å². The van der Waals surface area contributed by atoms with Crippen molar-refractivity contribution in [2.45, 2.75) is 25.1 Å². The summed E-state index contributed by atoms with van der Waals surface area (Å²) in [7, 11) is -3.41. The molecular formula is C13H18N2O2S2. The zero-order valence-corrected chi connectivity index (χ0v) is 12.7. The molecule has 0 aliphatic heterocycles. The topological polar surface area (TPSA) is 70.0 Å². The molecule has 1 unspecified atom stereocenters. The Balaban J connectivity index is 2.72. The van der Waals surface area contributed by atoms with Gasteiger partial charge in [0.1, 0.15) is 0 Å². The molecule has 0 bridgehead atoms. The lowest BCUT2D eigenvalue weighted by molar-refractivity contribution is 0.556. The Bertz CT molecular complexity index is 550. The number of hydrogen-bond acceptors (Lipinski definition) is 4. The second kappa shape index (κ2) is 7.53. The van der Waals surface area contributed by atoms with Crippen molar-refractivity contribution in [1.82, 2.24) is 4.72 Å². The molecule has 0 amide bonds. The molecule has 0 aromatic heterocycles. The van der Waals surface area contributed by atoms with Crippen LogP contribution in [-0.4, -0.2) is 26.5 Å². The van der Waals surface area contributed by atoms with E-state index >= 15 is 0 Å². The molecule has 1 rings (SSSR count). The third-order valence-electron chi connectivity index (χ3n) is 2.62. The molecule has 0 fully saturated rings. The lowest BCUT2D eigenvalue weighted by Crippen LogP contribution is -2.34. The molecular weight excluding hydrogens is 280 g/mol. The van der Waals surface area contributed by atoms with Gasteiger partial charge in [-0.2, -0.15) is 17.0 Å². The van der Waals surface area contributed by atoms with Gasteiger partial charge in [0.05, 0.1) is 17.4 Å². The number of rotatable bonds is 7. The highest BCUT2D eigenvalue weighted by atomic mass is 32.2. The van der Waals surface area contributed by atoms with Gasteiger partial charge >= 0.3 is 0 Å². The molecule has 0 spiro atoms. The van der Waals surface area contributed by atoms with Gasteiger partial charge in [-0.15, -0.1) is 0 Å². The molecule has 1 N–H and O–H groups in total. The maximum atomic E-state index is 12.0. The van der Waals surface area contributed by atoms with Gasteiger partial charge in [0.15, 0.2) is 0 Å². The third kappa shape index (κ3) is 5.64. The van der Waals surface area contributed by atoms with E-state index in [4.69, 9.17) is 5.26 Å². The van der Waals surface area contributed by atoms with Crippen LogP contribution in [0.2, 0.25) is 0 Å². The molecule has 0 saturated carbocycles. The summed E-state index contributed by atoms with van der Waals surface area (Å²) in [5, 5.41) is 8.95. The molecule has 0 aliphatic carbocycles. The summed E-state index contributed by atoms with van der Waals surface area (Å²) in [5.41, 5.74) is 0.944. The molecule has 0 saturated heterocycles. The summed E-state index contributed by atoms with van der Waals surface area (Å²) in [4.78, 5) is 0. The van der Waals surface area contributed by atoms with Crippen LogP contribution in [0.1, 0.15) is 24.5 Å². The van der Waals surface area contributed by atoms with Crippen molar-refractivity contribution in [3.8, 4) is 6.07 Å². The highest BCUT2D eigenvalue weighted by Crippen LogP contribution is 2.12. The lowest BCUT2D eigenvalue weighted by atomic mass is 10.1. The van der Waals surface area contributed by atoms with E-state index < -0.39 is 10.0 Å². The maximum absolute atomic E-state index is 12.0. The summed E-state index contributed by atoms with van der Waals surface area (Å²) < 4.78 is 26.7. The van der Waals surface area contributed by atoms with Gasteiger partial charge in [-0.1, -0.05) is 18.2 Å². The summed E-state index contributed by atoms with van der Waals surface area (Å²) in [6.45, 7) is 1.85. The Kier molecular flexibility index (Phi) is 6.35. The second-order valence-corrected chi connectivity index (χ2v) is 7.07. The number of nitrogens with one attached hydrogen (secondary N) is 1. The number of benzene rings is 1. The van der Waals surface area contributed by atoms with E-state index in [-0.39, 0.29) is 11.8 Å². The average molecular weight is 298 g/mol. The number of thioether (sulfide) groups is 1. The molecule has 1 aromatic carbocycles. The van der Waals surface area contributed by atoms with Gasteiger partial charge in [-0.05, 0) is 37.0 Å². The van der Waals surface area contributed by atoms with Crippen molar-refractivity contribution in [1.29, 1.82) is 5.26 Å².